The molecule has 0 saturated heterocycles. The number of hydrogen-bond acceptors (Lipinski definition) is 5. The zero-order valence-corrected chi connectivity index (χ0v) is 14.0. The van der Waals surface area contributed by atoms with Crippen LogP contribution in [-0.2, 0) is 0 Å². The Balaban J connectivity index is 1.70. The van der Waals surface area contributed by atoms with Gasteiger partial charge in [-0.25, -0.2) is 5.53 Å². The van der Waals surface area contributed by atoms with Crippen molar-refractivity contribution in [3.8, 4) is 6.07 Å². The number of rotatable bonds is 7. The summed E-state index contributed by atoms with van der Waals surface area (Å²) in [6.45, 7) is 0. The second-order valence-electron chi connectivity index (χ2n) is 7.61. The van der Waals surface area contributed by atoms with Gasteiger partial charge >= 0.3 is 0 Å². The van der Waals surface area contributed by atoms with Crippen LogP contribution in [0.3, 0.4) is 0 Å². The van der Waals surface area contributed by atoms with E-state index in [1.165, 1.54) is 57.8 Å². The van der Waals surface area contributed by atoms with E-state index in [1.54, 1.807) is 0 Å². The van der Waals surface area contributed by atoms with E-state index in [1.807, 2.05) is 6.21 Å². The normalized spacial score (nSPS) is 27.6. The Kier molecular flexibility index (Phi) is 5.42. The molecule has 0 aliphatic heterocycles. The highest BCUT2D eigenvalue weighted by Crippen LogP contribution is 2.39. The molecule has 3 fully saturated rings. The van der Waals surface area contributed by atoms with Crippen molar-refractivity contribution in [3.05, 3.63) is 0 Å². The maximum absolute atomic E-state index is 9.20. The van der Waals surface area contributed by atoms with Gasteiger partial charge in [0.25, 0.3) is 0 Å². The van der Waals surface area contributed by atoms with Crippen LogP contribution >= 0.6 is 0 Å². The lowest BCUT2D eigenvalue weighted by Crippen LogP contribution is -2.49. The van der Waals surface area contributed by atoms with Crippen LogP contribution in [0, 0.1) is 22.8 Å². The first-order valence-corrected chi connectivity index (χ1v) is 9.35. The summed E-state index contributed by atoms with van der Waals surface area (Å²) < 4.78 is 0. The van der Waals surface area contributed by atoms with Gasteiger partial charge in [0.15, 0.2) is 0 Å². The minimum Gasteiger partial charge on any atom is -0.308 e. The van der Waals surface area contributed by atoms with Gasteiger partial charge in [0.05, 0.1) is 6.07 Å². The largest absolute Gasteiger partial charge is 0.308 e. The first-order valence-electron chi connectivity index (χ1n) is 9.35. The number of nitrogens with zero attached hydrogens (tertiary/aromatic N) is 3. The zero-order valence-electron chi connectivity index (χ0n) is 14.0. The molecule has 0 spiro atoms. The van der Waals surface area contributed by atoms with Gasteiger partial charge in [0.1, 0.15) is 11.6 Å². The van der Waals surface area contributed by atoms with Crippen LogP contribution in [-0.4, -0.2) is 29.9 Å². The molecule has 5 nitrogen and oxygen atoms in total. The average Bonchev–Trinajstić information content (AvgIpc) is 3.20. The predicted octanol–water partition coefficient (Wildman–Crippen LogP) is 3.99. The summed E-state index contributed by atoms with van der Waals surface area (Å²) in [5.74, 6) is 0.590. The lowest BCUT2D eigenvalue weighted by atomic mass is 9.81. The molecule has 2 atom stereocenters. The molecule has 3 rings (SSSR count). The SMILES string of the molecule is N#CC1(N=CC(N=N)C(NC2CCCC2)C2CCCCC2)CC1. The summed E-state index contributed by atoms with van der Waals surface area (Å²) in [6, 6.07) is 2.88. The highest BCUT2D eigenvalue weighted by atomic mass is 15.1. The van der Waals surface area contributed by atoms with Gasteiger partial charge in [-0.1, -0.05) is 32.1 Å². The summed E-state index contributed by atoms with van der Waals surface area (Å²) >= 11 is 0. The third-order valence-electron chi connectivity index (χ3n) is 5.86. The highest BCUT2D eigenvalue weighted by molar-refractivity contribution is 5.67. The average molecular weight is 315 g/mol. The quantitative estimate of drug-likeness (QED) is 0.550. The molecule has 0 heterocycles. The van der Waals surface area contributed by atoms with E-state index in [2.05, 4.69) is 21.5 Å². The Labute approximate surface area is 139 Å². The van der Waals surface area contributed by atoms with Crippen molar-refractivity contribution in [3.63, 3.8) is 0 Å². The lowest BCUT2D eigenvalue weighted by molar-refractivity contribution is 0.240. The molecule has 2 unspecified atom stereocenters. The molecule has 3 aliphatic rings. The molecule has 0 amide bonds. The Hall–Kier alpha value is -1.28. The van der Waals surface area contributed by atoms with Crippen molar-refractivity contribution in [2.45, 2.75) is 94.3 Å². The molecule has 3 saturated carbocycles. The number of nitrogens with one attached hydrogen (secondary N) is 2. The molecule has 0 aromatic rings. The van der Waals surface area contributed by atoms with Gasteiger partial charge in [-0.3, -0.25) is 4.99 Å². The van der Waals surface area contributed by atoms with Gasteiger partial charge < -0.3 is 5.32 Å². The standard InChI is InChI=1S/C18H29N5/c19-13-18(10-11-18)21-12-16(23-20)17(14-6-2-1-3-7-14)22-15-8-4-5-9-15/h12,14-17,20,22H,1-11H2. The molecular formula is C18H29N5. The van der Waals surface area contributed by atoms with E-state index in [-0.39, 0.29) is 12.1 Å². The van der Waals surface area contributed by atoms with Crippen molar-refractivity contribution >= 4 is 6.21 Å². The summed E-state index contributed by atoms with van der Waals surface area (Å²) in [5, 5.41) is 16.9. The Morgan fingerprint density at radius 1 is 1.09 bits per heavy atom. The Morgan fingerprint density at radius 2 is 1.74 bits per heavy atom. The molecule has 126 valence electrons. The maximum Gasteiger partial charge on any atom is 0.146 e. The smallest absolute Gasteiger partial charge is 0.146 e. The molecule has 23 heavy (non-hydrogen) atoms. The van der Waals surface area contributed by atoms with Crippen molar-refractivity contribution in [1.82, 2.24) is 5.32 Å². The molecule has 0 aromatic heterocycles. The van der Waals surface area contributed by atoms with Gasteiger partial charge in [-0.2, -0.15) is 10.4 Å². The molecule has 5 heteroatoms. The minimum absolute atomic E-state index is 0.217. The van der Waals surface area contributed by atoms with Crippen LogP contribution in [0.25, 0.3) is 0 Å². The molecule has 3 aliphatic carbocycles. The van der Waals surface area contributed by atoms with E-state index in [4.69, 9.17) is 5.53 Å². The molecule has 0 radical (unpaired) electrons. The van der Waals surface area contributed by atoms with E-state index in [0.29, 0.717) is 12.0 Å². The second-order valence-corrected chi connectivity index (χ2v) is 7.61. The van der Waals surface area contributed by atoms with Crippen LogP contribution in [0.2, 0.25) is 0 Å². The minimum atomic E-state index is -0.493. The Bertz CT molecular complexity index is 464. The van der Waals surface area contributed by atoms with Crippen LogP contribution in [0.15, 0.2) is 10.1 Å². The van der Waals surface area contributed by atoms with E-state index >= 15 is 0 Å². The summed E-state index contributed by atoms with van der Waals surface area (Å²) in [6.07, 6.45) is 15.0. The topological polar surface area (TPSA) is 84.4 Å². The maximum atomic E-state index is 9.20. The third-order valence-corrected chi connectivity index (χ3v) is 5.86. The van der Waals surface area contributed by atoms with Gasteiger partial charge in [0, 0.05) is 18.3 Å². The second kappa shape index (κ2) is 7.53. The van der Waals surface area contributed by atoms with Gasteiger partial charge in [0.2, 0.25) is 0 Å². The molecule has 0 bridgehead atoms. The lowest BCUT2D eigenvalue weighted by Gasteiger charge is -2.35. The molecular weight excluding hydrogens is 286 g/mol. The number of nitriles is 1. The van der Waals surface area contributed by atoms with Gasteiger partial charge in [-0.05, 0) is 44.4 Å². The fraction of sp³-hybridized carbons (Fsp3) is 0.889. The van der Waals surface area contributed by atoms with E-state index in [9.17, 15) is 5.26 Å². The van der Waals surface area contributed by atoms with E-state index < -0.39 is 5.54 Å². The summed E-state index contributed by atoms with van der Waals surface area (Å²) in [5.41, 5.74) is 7.19. The van der Waals surface area contributed by atoms with Crippen molar-refractivity contribution in [2.24, 2.45) is 16.0 Å². The first-order chi connectivity index (χ1) is 11.3. The zero-order chi connectivity index (χ0) is 16.1. The predicted molar refractivity (Wildman–Crippen MR) is 90.8 cm³/mol. The van der Waals surface area contributed by atoms with Crippen LogP contribution in [0.5, 0.6) is 0 Å². The van der Waals surface area contributed by atoms with Crippen LogP contribution in [0.4, 0.5) is 0 Å². The molecule has 0 aromatic carbocycles. The fourth-order valence-electron chi connectivity index (χ4n) is 4.19. The van der Waals surface area contributed by atoms with Crippen molar-refractivity contribution in [2.75, 3.05) is 0 Å². The van der Waals surface area contributed by atoms with Gasteiger partial charge in [-0.15, -0.1) is 0 Å². The molecule has 2 N–H and O–H groups in total. The number of hydrogen-bond donors (Lipinski definition) is 2. The number of aliphatic imine (C=N–C) groups is 1. The van der Waals surface area contributed by atoms with E-state index in [0.717, 1.165) is 12.8 Å². The Morgan fingerprint density at radius 3 is 2.30 bits per heavy atom. The van der Waals surface area contributed by atoms with Crippen molar-refractivity contribution < 1.29 is 0 Å². The highest BCUT2D eigenvalue weighted by Gasteiger charge is 2.43. The fourth-order valence-corrected chi connectivity index (χ4v) is 4.19. The van der Waals surface area contributed by atoms with Crippen LogP contribution in [0.1, 0.15) is 70.6 Å². The summed E-state index contributed by atoms with van der Waals surface area (Å²) in [7, 11) is 0. The summed E-state index contributed by atoms with van der Waals surface area (Å²) in [4.78, 5) is 4.51. The van der Waals surface area contributed by atoms with Crippen LogP contribution < -0.4 is 5.32 Å². The van der Waals surface area contributed by atoms with Crippen molar-refractivity contribution in [1.29, 1.82) is 10.8 Å². The third kappa shape index (κ3) is 4.17. The first kappa shape index (κ1) is 16.6. The monoisotopic (exact) mass is 315 g/mol.